The predicted molar refractivity (Wildman–Crippen MR) is 102 cm³/mol. The molecule has 1 aromatic rings. The van der Waals surface area contributed by atoms with E-state index in [1.54, 1.807) is 24.3 Å². The van der Waals surface area contributed by atoms with Gasteiger partial charge >= 0.3 is 11.9 Å². The number of rotatable bonds is 10. The van der Waals surface area contributed by atoms with Crippen molar-refractivity contribution in [1.82, 2.24) is 0 Å². The molecule has 0 atom stereocenters. The van der Waals surface area contributed by atoms with E-state index in [4.69, 9.17) is 19.0 Å². The highest BCUT2D eigenvalue weighted by molar-refractivity contribution is 6.78. The highest BCUT2D eigenvalue weighted by atomic mass is 28.4. The van der Waals surface area contributed by atoms with Crippen LogP contribution in [0.5, 0.6) is 11.5 Å². The summed E-state index contributed by atoms with van der Waals surface area (Å²) in [5.41, 5.74) is 0.868. The Morgan fingerprint density at radius 3 is 1.69 bits per heavy atom. The minimum absolute atomic E-state index is 0.242. The number of hydrogen-bond donors (Lipinski definition) is 1. The first-order chi connectivity index (χ1) is 12.1. The summed E-state index contributed by atoms with van der Waals surface area (Å²) >= 11 is 0. The van der Waals surface area contributed by atoms with Crippen molar-refractivity contribution in [2.24, 2.45) is 0 Å². The molecule has 146 valence electrons. The molecule has 26 heavy (non-hydrogen) atoms. The van der Waals surface area contributed by atoms with Gasteiger partial charge in [0.1, 0.15) is 0 Å². The summed E-state index contributed by atoms with van der Waals surface area (Å²) in [5.74, 6) is -0.888. The van der Waals surface area contributed by atoms with Crippen molar-refractivity contribution >= 4 is 20.3 Å². The fourth-order valence-corrected chi connectivity index (χ4v) is 8.71. The summed E-state index contributed by atoms with van der Waals surface area (Å²) < 4.78 is 16.7. The van der Waals surface area contributed by atoms with Crippen LogP contribution in [0.25, 0.3) is 0 Å². The van der Waals surface area contributed by atoms with E-state index in [-0.39, 0.29) is 29.0 Å². The Bertz CT molecular complexity index is 590. The maximum atomic E-state index is 12.5. The Hall–Kier alpha value is -2.02. The molecule has 0 aromatic heterocycles. The second kappa shape index (κ2) is 9.61. The van der Waals surface area contributed by atoms with Crippen molar-refractivity contribution in [3.05, 3.63) is 24.3 Å². The monoisotopic (exact) mass is 382 g/mol. The van der Waals surface area contributed by atoms with Gasteiger partial charge in [0.2, 0.25) is 0 Å². The summed E-state index contributed by atoms with van der Waals surface area (Å²) in [7, 11) is -2.31. The van der Waals surface area contributed by atoms with Crippen LogP contribution in [0.4, 0.5) is 0 Å². The molecule has 6 nitrogen and oxygen atoms in total. The van der Waals surface area contributed by atoms with E-state index in [0.717, 1.165) is 0 Å². The largest absolute Gasteiger partial charge is 0.516 e. The lowest BCUT2D eigenvalue weighted by Crippen LogP contribution is -2.50. The van der Waals surface area contributed by atoms with E-state index in [1.807, 2.05) is 0 Å². The number of benzene rings is 1. The van der Waals surface area contributed by atoms with Crippen LogP contribution >= 0.6 is 0 Å². The van der Waals surface area contributed by atoms with E-state index in [1.165, 1.54) is 0 Å². The third-order valence-corrected chi connectivity index (χ3v) is 10.5. The van der Waals surface area contributed by atoms with Crippen LogP contribution in [-0.2, 0) is 14.0 Å². The van der Waals surface area contributed by atoms with Gasteiger partial charge in [-0.15, -0.1) is 0 Å². The fraction of sp³-hybridized carbons (Fsp3) is 0.579. The lowest BCUT2D eigenvalue weighted by atomic mass is 10.3. The van der Waals surface area contributed by atoms with Crippen molar-refractivity contribution in [3.63, 3.8) is 0 Å². The Balaban J connectivity index is 2.82. The molecule has 0 saturated carbocycles. The van der Waals surface area contributed by atoms with E-state index < -0.39 is 26.9 Å². The highest BCUT2D eigenvalue weighted by Gasteiger charge is 2.48. The van der Waals surface area contributed by atoms with Crippen LogP contribution < -0.4 is 9.47 Å². The first-order valence-electron chi connectivity index (χ1n) is 8.89. The van der Waals surface area contributed by atoms with Crippen LogP contribution in [0.1, 0.15) is 41.5 Å². The maximum Gasteiger partial charge on any atom is 0.341 e. The Morgan fingerprint density at radius 1 is 0.885 bits per heavy atom. The van der Waals surface area contributed by atoms with Gasteiger partial charge in [0, 0.05) is 0 Å². The molecular weight excluding hydrogens is 352 g/mol. The zero-order valence-corrected chi connectivity index (χ0v) is 17.4. The average molecular weight is 383 g/mol. The molecule has 0 saturated heterocycles. The lowest BCUT2D eigenvalue weighted by molar-refractivity contribution is -0.140. The van der Waals surface area contributed by atoms with Crippen LogP contribution in [-0.4, -0.2) is 38.6 Å². The van der Waals surface area contributed by atoms with Gasteiger partial charge in [0.25, 0.3) is 8.32 Å². The molecule has 0 amide bonds. The number of carbonyl (C=O) groups is 2. The molecule has 0 fully saturated rings. The quantitative estimate of drug-likeness (QED) is 0.609. The minimum atomic E-state index is -2.31. The SMILES string of the molecule is CC(C)[Si](OC(=O)COc1ccccc1OCC(=O)O)(C(C)C)C(C)C. The number of hydrogen-bond acceptors (Lipinski definition) is 5. The van der Waals surface area contributed by atoms with Gasteiger partial charge in [-0.1, -0.05) is 53.7 Å². The molecule has 0 bridgehead atoms. The summed E-state index contributed by atoms with van der Waals surface area (Å²) in [5, 5.41) is 8.73. The zero-order chi connectivity index (χ0) is 19.9. The first kappa shape index (κ1) is 22.0. The van der Waals surface area contributed by atoms with Gasteiger partial charge in [0.05, 0.1) is 0 Å². The fourth-order valence-electron chi connectivity index (χ4n) is 3.55. The minimum Gasteiger partial charge on any atom is -0.516 e. The first-order valence-corrected chi connectivity index (χ1v) is 11.0. The molecule has 0 aliphatic heterocycles. The number of carbonyl (C=O) groups excluding carboxylic acids is 1. The van der Waals surface area contributed by atoms with Crippen molar-refractivity contribution in [2.75, 3.05) is 13.2 Å². The molecule has 0 unspecified atom stereocenters. The van der Waals surface area contributed by atoms with Crippen molar-refractivity contribution in [3.8, 4) is 11.5 Å². The Kier molecular flexibility index (Phi) is 8.14. The van der Waals surface area contributed by atoms with Crippen LogP contribution in [0.2, 0.25) is 16.6 Å². The third kappa shape index (κ3) is 5.49. The van der Waals surface area contributed by atoms with Gasteiger partial charge in [0.15, 0.2) is 24.7 Å². The Labute approximate surface area is 156 Å². The van der Waals surface area contributed by atoms with Crippen molar-refractivity contribution in [2.45, 2.75) is 58.2 Å². The number of carboxylic acid groups (broad SMARTS) is 1. The molecule has 0 spiro atoms. The number of carboxylic acids is 1. The van der Waals surface area contributed by atoms with Crippen LogP contribution in [0.15, 0.2) is 24.3 Å². The summed E-state index contributed by atoms with van der Waals surface area (Å²) in [4.78, 5) is 23.1. The van der Waals surface area contributed by atoms with Crippen molar-refractivity contribution in [1.29, 1.82) is 0 Å². The van der Waals surface area contributed by atoms with Crippen molar-refractivity contribution < 1.29 is 28.6 Å². The lowest BCUT2D eigenvalue weighted by Gasteiger charge is -2.41. The number of ether oxygens (including phenoxy) is 2. The summed E-state index contributed by atoms with van der Waals surface area (Å²) in [6.07, 6.45) is 0. The van der Waals surface area contributed by atoms with E-state index in [0.29, 0.717) is 5.75 Å². The highest BCUT2D eigenvalue weighted by Crippen LogP contribution is 2.42. The average Bonchev–Trinajstić information content (AvgIpc) is 2.55. The van der Waals surface area contributed by atoms with Gasteiger partial charge in [-0.25, -0.2) is 9.59 Å². The molecule has 0 radical (unpaired) electrons. The second-order valence-corrected chi connectivity index (χ2v) is 12.6. The molecule has 1 aromatic carbocycles. The zero-order valence-electron chi connectivity index (χ0n) is 16.4. The third-order valence-electron chi connectivity index (χ3n) is 4.54. The summed E-state index contributed by atoms with van der Waals surface area (Å²) in [6.45, 7) is 11.9. The van der Waals surface area contributed by atoms with Gasteiger partial charge < -0.3 is 19.0 Å². The molecule has 0 heterocycles. The predicted octanol–water partition coefficient (Wildman–Crippen LogP) is 4.25. The molecule has 1 N–H and O–H groups in total. The number of aliphatic carboxylic acids is 1. The number of para-hydroxylation sites is 2. The standard InChI is InChI=1S/C19H30O6Si/c1-13(2)26(14(3)4,15(5)6)25-19(22)12-24-17-10-8-7-9-16(17)23-11-18(20)21/h7-10,13-15H,11-12H2,1-6H3,(H,20,21). The van der Waals surface area contributed by atoms with Crippen LogP contribution in [0.3, 0.4) is 0 Å². The van der Waals surface area contributed by atoms with Gasteiger partial charge in [-0.2, -0.15) is 0 Å². The molecule has 0 aliphatic rings. The van der Waals surface area contributed by atoms with E-state index >= 15 is 0 Å². The van der Waals surface area contributed by atoms with Crippen LogP contribution in [0, 0.1) is 0 Å². The van der Waals surface area contributed by atoms with E-state index in [2.05, 4.69) is 41.5 Å². The molecule has 7 heteroatoms. The smallest absolute Gasteiger partial charge is 0.341 e. The van der Waals surface area contributed by atoms with Gasteiger partial charge in [-0.3, -0.25) is 0 Å². The van der Waals surface area contributed by atoms with E-state index in [9.17, 15) is 9.59 Å². The molecular formula is C19H30O6Si. The molecule has 1 rings (SSSR count). The molecule has 0 aliphatic carbocycles. The van der Waals surface area contributed by atoms with Gasteiger partial charge in [-0.05, 0) is 28.8 Å². The summed E-state index contributed by atoms with van der Waals surface area (Å²) in [6, 6.07) is 6.65. The normalized spacial score (nSPS) is 11.7. The topological polar surface area (TPSA) is 82.1 Å². The second-order valence-electron chi connectivity index (χ2n) is 7.21. The Morgan fingerprint density at radius 2 is 1.31 bits per heavy atom. The maximum absolute atomic E-state index is 12.5.